The van der Waals surface area contributed by atoms with Gasteiger partial charge in [0, 0.05) is 6.54 Å². The molecule has 0 amide bonds. The van der Waals surface area contributed by atoms with Crippen LogP contribution in [0.25, 0.3) is 0 Å². The minimum atomic E-state index is 0.794. The Morgan fingerprint density at radius 1 is 1.25 bits per heavy atom. The number of rotatable bonds is 7. The van der Waals surface area contributed by atoms with Crippen LogP contribution in [-0.2, 0) is 0 Å². The van der Waals surface area contributed by atoms with E-state index in [9.17, 15) is 0 Å². The van der Waals surface area contributed by atoms with Gasteiger partial charge in [0.05, 0.1) is 0 Å². The monoisotopic (exact) mass is 226 g/mol. The molecule has 16 heavy (non-hydrogen) atoms. The molecule has 0 aliphatic carbocycles. The highest BCUT2D eigenvalue weighted by Gasteiger charge is 2.19. The predicted molar refractivity (Wildman–Crippen MR) is 71.8 cm³/mol. The van der Waals surface area contributed by atoms with Gasteiger partial charge in [-0.3, -0.25) is 0 Å². The van der Waals surface area contributed by atoms with E-state index in [1.807, 2.05) is 0 Å². The van der Waals surface area contributed by atoms with Gasteiger partial charge in [0.25, 0.3) is 0 Å². The zero-order chi connectivity index (χ0) is 11.8. The molecule has 1 rings (SSSR count). The molecule has 0 aromatic heterocycles. The number of likely N-dealkylation sites (tertiary alicyclic amines) is 1. The van der Waals surface area contributed by atoms with Crippen LogP contribution in [0.5, 0.6) is 0 Å². The minimum Gasteiger partial charge on any atom is -0.317 e. The van der Waals surface area contributed by atoms with Crippen LogP contribution in [0.3, 0.4) is 0 Å². The summed E-state index contributed by atoms with van der Waals surface area (Å²) in [5, 5.41) is 3.44. The highest BCUT2D eigenvalue weighted by molar-refractivity contribution is 4.73. The molecule has 1 aliphatic heterocycles. The van der Waals surface area contributed by atoms with Crippen LogP contribution >= 0.6 is 0 Å². The van der Waals surface area contributed by atoms with Crippen molar-refractivity contribution in [2.75, 3.05) is 32.7 Å². The van der Waals surface area contributed by atoms with Gasteiger partial charge in [0.2, 0.25) is 0 Å². The number of nitrogens with one attached hydrogen (secondary N) is 1. The molecule has 1 heterocycles. The predicted octanol–water partition coefficient (Wildman–Crippen LogP) is 2.74. The van der Waals surface area contributed by atoms with Crippen LogP contribution < -0.4 is 5.32 Å². The number of hydrogen-bond acceptors (Lipinski definition) is 2. The Kier molecular flexibility index (Phi) is 7.06. The maximum Gasteiger partial charge on any atom is 0.00191 e. The van der Waals surface area contributed by atoms with Gasteiger partial charge in [-0.2, -0.15) is 0 Å². The Morgan fingerprint density at radius 3 is 2.50 bits per heavy atom. The number of piperidine rings is 1. The summed E-state index contributed by atoms with van der Waals surface area (Å²) >= 11 is 0. The Balaban J connectivity index is 2.11. The van der Waals surface area contributed by atoms with E-state index in [4.69, 9.17) is 0 Å². The zero-order valence-electron chi connectivity index (χ0n) is 11.5. The zero-order valence-corrected chi connectivity index (χ0v) is 11.5. The summed E-state index contributed by atoms with van der Waals surface area (Å²) in [5.41, 5.74) is 0. The van der Waals surface area contributed by atoms with Crippen molar-refractivity contribution in [3.05, 3.63) is 0 Å². The van der Waals surface area contributed by atoms with Gasteiger partial charge >= 0.3 is 0 Å². The Bertz CT molecular complexity index is 162. The normalized spacial score (nSPS) is 21.2. The minimum absolute atomic E-state index is 0.794. The lowest BCUT2D eigenvalue weighted by Gasteiger charge is -2.33. The Hall–Kier alpha value is -0.0800. The average Bonchev–Trinajstić information content (AvgIpc) is 2.29. The van der Waals surface area contributed by atoms with Gasteiger partial charge in [0.15, 0.2) is 0 Å². The molecule has 96 valence electrons. The molecule has 1 unspecified atom stereocenters. The van der Waals surface area contributed by atoms with Gasteiger partial charge in [-0.15, -0.1) is 0 Å². The lowest BCUT2D eigenvalue weighted by atomic mass is 9.92. The van der Waals surface area contributed by atoms with E-state index in [1.165, 1.54) is 51.9 Å². The summed E-state index contributed by atoms with van der Waals surface area (Å²) in [6.07, 6.45) is 5.67. The first-order valence-electron chi connectivity index (χ1n) is 7.19. The smallest absolute Gasteiger partial charge is 0.00191 e. The molecule has 1 saturated heterocycles. The largest absolute Gasteiger partial charge is 0.317 e. The third kappa shape index (κ3) is 5.31. The summed E-state index contributed by atoms with van der Waals surface area (Å²) in [5.74, 6) is 1.81. The Morgan fingerprint density at radius 2 is 1.94 bits per heavy atom. The lowest BCUT2D eigenvalue weighted by molar-refractivity contribution is 0.159. The molecule has 1 N–H and O–H groups in total. The molecule has 1 aliphatic rings. The fraction of sp³-hybridized carbons (Fsp3) is 1.00. The molecule has 1 atom stereocenters. The lowest BCUT2D eigenvalue weighted by Crippen LogP contribution is -2.38. The Labute approximate surface area is 102 Å². The van der Waals surface area contributed by atoms with Crippen molar-refractivity contribution in [1.82, 2.24) is 10.2 Å². The summed E-state index contributed by atoms with van der Waals surface area (Å²) in [7, 11) is 0. The van der Waals surface area contributed by atoms with E-state index in [1.54, 1.807) is 0 Å². The van der Waals surface area contributed by atoms with Crippen LogP contribution in [0.15, 0.2) is 0 Å². The van der Waals surface area contributed by atoms with E-state index < -0.39 is 0 Å². The van der Waals surface area contributed by atoms with Crippen LogP contribution in [0.4, 0.5) is 0 Å². The summed E-state index contributed by atoms with van der Waals surface area (Å²) in [4.78, 5) is 2.66. The van der Waals surface area contributed by atoms with Gasteiger partial charge in [-0.1, -0.05) is 33.6 Å². The number of nitrogens with zero attached hydrogens (tertiary/aromatic N) is 1. The summed E-state index contributed by atoms with van der Waals surface area (Å²) in [6.45, 7) is 13.1. The topological polar surface area (TPSA) is 15.3 Å². The molecular formula is C14H30N2. The second-order valence-electron chi connectivity index (χ2n) is 5.45. The SMILES string of the molecule is CCCC1CCN(CC(C)CNCC)CC1. The van der Waals surface area contributed by atoms with Crippen molar-refractivity contribution in [1.29, 1.82) is 0 Å². The van der Waals surface area contributed by atoms with Crippen LogP contribution in [0, 0.1) is 11.8 Å². The second kappa shape index (κ2) is 8.08. The molecule has 0 aromatic carbocycles. The molecule has 2 heteroatoms. The van der Waals surface area contributed by atoms with Crippen molar-refractivity contribution < 1.29 is 0 Å². The van der Waals surface area contributed by atoms with Crippen molar-refractivity contribution in [2.24, 2.45) is 11.8 Å². The highest BCUT2D eigenvalue weighted by Crippen LogP contribution is 2.21. The molecule has 2 nitrogen and oxygen atoms in total. The fourth-order valence-corrected chi connectivity index (χ4v) is 2.76. The number of hydrogen-bond donors (Lipinski definition) is 1. The van der Waals surface area contributed by atoms with E-state index in [0.29, 0.717) is 0 Å². The van der Waals surface area contributed by atoms with E-state index in [2.05, 4.69) is 31.0 Å². The van der Waals surface area contributed by atoms with E-state index in [-0.39, 0.29) is 0 Å². The van der Waals surface area contributed by atoms with Crippen molar-refractivity contribution in [3.8, 4) is 0 Å². The van der Waals surface area contributed by atoms with E-state index >= 15 is 0 Å². The van der Waals surface area contributed by atoms with Gasteiger partial charge in [0.1, 0.15) is 0 Å². The van der Waals surface area contributed by atoms with E-state index in [0.717, 1.165) is 18.4 Å². The molecule has 0 saturated carbocycles. The molecule has 0 spiro atoms. The maximum atomic E-state index is 3.44. The summed E-state index contributed by atoms with van der Waals surface area (Å²) < 4.78 is 0. The van der Waals surface area contributed by atoms with Crippen molar-refractivity contribution >= 4 is 0 Å². The van der Waals surface area contributed by atoms with Crippen LogP contribution in [0.2, 0.25) is 0 Å². The van der Waals surface area contributed by atoms with Gasteiger partial charge in [-0.25, -0.2) is 0 Å². The third-order valence-electron chi connectivity index (χ3n) is 3.72. The standard InChI is InChI=1S/C14H30N2/c1-4-6-14-7-9-16(10-8-14)12-13(3)11-15-5-2/h13-15H,4-12H2,1-3H3. The first-order chi connectivity index (χ1) is 7.76. The van der Waals surface area contributed by atoms with Crippen LogP contribution in [0.1, 0.15) is 46.5 Å². The molecule has 0 bridgehead atoms. The van der Waals surface area contributed by atoms with Gasteiger partial charge in [-0.05, 0) is 50.9 Å². The maximum absolute atomic E-state index is 3.44. The first-order valence-corrected chi connectivity index (χ1v) is 7.19. The molecular weight excluding hydrogens is 196 g/mol. The highest BCUT2D eigenvalue weighted by atomic mass is 15.1. The quantitative estimate of drug-likeness (QED) is 0.718. The fourth-order valence-electron chi connectivity index (χ4n) is 2.76. The third-order valence-corrected chi connectivity index (χ3v) is 3.72. The second-order valence-corrected chi connectivity index (χ2v) is 5.45. The van der Waals surface area contributed by atoms with Gasteiger partial charge < -0.3 is 10.2 Å². The average molecular weight is 226 g/mol. The first kappa shape index (κ1) is 14.0. The molecule has 0 radical (unpaired) electrons. The molecule has 1 fully saturated rings. The van der Waals surface area contributed by atoms with Crippen molar-refractivity contribution in [3.63, 3.8) is 0 Å². The molecule has 0 aromatic rings. The summed E-state index contributed by atoms with van der Waals surface area (Å²) in [6, 6.07) is 0. The van der Waals surface area contributed by atoms with Crippen LogP contribution in [-0.4, -0.2) is 37.6 Å². The van der Waals surface area contributed by atoms with Crippen molar-refractivity contribution in [2.45, 2.75) is 46.5 Å².